The number of carbonyl (C=O) groups excluding carboxylic acids is 1. The Labute approximate surface area is 117 Å². The largest absolute Gasteiger partial charge is 0.392 e. The van der Waals surface area contributed by atoms with Crippen LogP contribution in [0.3, 0.4) is 0 Å². The lowest BCUT2D eigenvalue weighted by Gasteiger charge is -2.16. The number of nitrogens with two attached hydrogens (primary N) is 1. The molecule has 3 nitrogen and oxygen atoms in total. The molecule has 0 bridgehead atoms. The van der Waals surface area contributed by atoms with Crippen LogP contribution < -0.4 is 11.1 Å². The molecular weight excluding hydrogens is 264 g/mol. The summed E-state index contributed by atoms with van der Waals surface area (Å²) >= 11 is 6.50. The van der Waals surface area contributed by atoms with E-state index >= 15 is 0 Å². The van der Waals surface area contributed by atoms with Crippen LogP contribution in [0.25, 0.3) is 0 Å². The number of hydrogen-bond donors (Lipinski definition) is 2. The summed E-state index contributed by atoms with van der Waals surface area (Å²) in [5, 5.41) is 2.92. The molecule has 1 aromatic carbocycles. The molecule has 5 heteroatoms. The van der Waals surface area contributed by atoms with E-state index in [-0.39, 0.29) is 11.9 Å². The van der Waals surface area contributed by atoms with Crippen molar-refractivity contribution < 1.29 is 4.79 Å². The van der Waals surface area contributed by atoms with Crippen LogP contribution >= 0.6 is 24.0 Å². The Bertz CT molecular complexity index is 432. The van der Waals surface area contributed by atoms with Crippen molar-refractivity contribution >= 4 is 34.9 Å². The van der Waals surface area contributed by atoms with Gasteiger partial charge in [-0.1, -0.05) is 30.4 Å². The number of amides is 1. The van der Waals surface area contributed by atoms with Gasteiger partial charge in [-0.05, 0) is 30.9 Å². The van der Waals surface area contributed by atoms with Gasteiger partial charge < -0.3 is 11.1 Å². The number of benzene rings is 1. The Morgan fingerprint density at radius 2 is 2.11 bits per heavy atom. The van der Waals surface area contributed by atoms with Crippen molar-refractivity contribution in [3.63, 3.8) is 0 Å². The molecule has 1 amide bonds. The maximum Gasteiger partial charge on any atom is 0.230 e. The van der Waals surface area contributed by atoms with E-state index in [4.69, 9.17) is 18.0 Å². The van der Waals surface area contributed by atoms with Gasteiger partial charge in [-0.2, -0.15) is 0 Å². The molecule has 0 saturated heterocycles. The third-order valence-corrected chi connectivity index (χ3v) is 4.10. The number of carbonyl (C=O) groups is 1. The third kappa shape index (κ3) is 3.99. The van der Waals surface area contributed by atoms with E-state index in [1.54, 1.807) is 0 Å². The molecule has 0 aromatic heterocycles. The maximum atomic E-state index is 11.8. The van der Waals surface area contributed by atoms with E-state index in [0.29, 0.717) is 16.7 Å². The van der Waals surface area contributed by atoms with Gasteiger partial charge in [-0.3, -0.25) is 4.79 Å². The van der Waals surface area contributed by atoms with Crippen molar-refractivity contribution in [1.82, 2.24) is 5.32 Å². The summed E-state index contributed by atoms with van der Waals surface area (Å²) in [7, 11) is 0. The topological polar surface area (TPSA) is 55.1 Å². The van der Waals surface area contributed by atoms with Crippen molar-refractivity contribution in [2.45, 2.75) is 23.8 Å². The van der Waals surface area contributed by atoms with Crippen molar-refractivity contribution in [2.75, 3.05) is 5.75 Å². The number of nitrogens with one attached hydrogen (secondary N) is 1. The summed E-state index contributed by atoms with van der Waals surface area (Å²) in [6.45, 7) is 0. The Hall–Kier alpha value is -1.07. The Morgan fingerprint density at radius 3 is 2.67 bits per heavy atom. The highest BCUT2D eigenvalue weighted by molar-refractivity contribution is 8.00. The minimum Gasteiger partial charge on any atom is -0.392 e. The first-order chi connectivity index (χ1) is 8.66. The van der Waals surface area contributed by atoms with Gasteiger partial charge in [0.15, 0.2) is 0 Å². The highest BCUT2D eigenvalue weighted by Gasteiger charge is 2.33. The molecule has 0 aliphatic heterocycles. The smallest absolute Gasteiger partial charge is 0.230 e. The standard InChI is InChI=1S/C13H16N2OS2/c14-13(17)12(9-6-7-9)15-11(16)8-18-10-4-2-1-3-5-10/h1-5,9,12H,6-8H2,(H2,14,17)(H,15,16). The number of thioether (sulfide) groups is 1. The van der Waals surface area contributed by atoms with E-state index in [2.05, 4.69) is 5.32 Å². The summed E-state index contributed by atoms with van der Waals surface area (Å²) in [5.41, 5.74) is 5.64. The summed E-state index contributed by atoms with van der Waals surface area (Å²) in [6.07, 6.45) is 2.21. The fourth-order valence-electron chi connectivity index (χ4n) is 1.73. The van der Waals surface area contributed by atoms with Gasteiger partial charge in [0.1, 0.15) is 0 Å². The minimum absolute atomic E-state index is 0.00597. The first-order valence-corrected chi connectivity index (χ1v) is 7.32. The molecule has 18 heavy (non-hydrogen) atoms. The molecule has 1 fully saturated rings. The first kappa shape index (κ1) is 13.4. The van der Waals surface area contributed by atoms with Gasteiger partial charge in [-0.15, -0.1) is 11.8 Å². The van der Waals surface area contributed by atoms with Gasteiger partial charge >= 0.3 is 0 Å². The first-order valence-electron chi connectivity index (χ1n) is 5.93. The zero-order valence-electron chi connectivity index (χ0n) is 9.96. The molecule has 1 unspecified atom stereocenters. The molecule has 2 rings (SSSR count). The molecule has 0 heterocycles. The van der Waals surface area contributed by atoms with Crippen LogP contribution in [-0.4, -0.2) is 22.7 Å². The lowest BCUT2D eigenvalue weighted by atomic mass is 10.2. The van der Waals surface area contributed by atoms with Crippen LogP contribution in [0, 0.1) is 5.92 Å². The molecule has 0 radical (unpaired) electrons. The average molecular weight is 280 g/mol. The molecule has 1 saturated carbocycles. The Balaban J connectivity index is 1.79. The van der Waals surface area contributed by atoms with Crippen molar-refractivity contribution in [3.05, 3.63) is 30.3 Å². The lowest BCUT2D eigenvalue weighted by Crippen LogP contribution is -2.45. The van der Waals surface area contributed by atoms with Crippen LogP contribution in [0.4, 0.5) is 0 Å². The molecule has 1 atom stereocenters. The highest BCUT2D eigenvalue weighted by Crippen LogP contribution is 2.32. The van der Waals surface area contributed by atoms with Gasteiger partial charge in [0.05, 0.1) is 16.8 Å². The molecule has 0 spiro atoms. The second kappa shape index (κ2) is 6.20. The van der Waals surface area contributed by atoms with E-state index in [0.717, 1.165) is 17.7 Å². The van der Waals surface area contributed by atoms with Gasteiger partial charge in [0, 0.05) is 4.90 Å². The van der Waals surface area contributed by atoms with Gasteiger partial charge in [0.2, 0.25) is 5.91 Å². The summed E-state index contributed by atoms with van der Waals surface area (Å²) in [5.74, 6) is 0.845. The molecule has 1 aliphatic carbocycles. The second-order valence-electron chi connectivity index (χ2n) is 4.39. The van der Waals surface area contributed by atoms with E-state index in [1.807, 2.05) is 30.3 Å². The van der Waals surface area contributed by atoms with Gasteiger partial charge in [0.25, 0.3) is 0 Å². The van der Waals surface area contributed by atoms with E-state index < -0.39 is 0 Å². The fourth-order valence-corrected chi connectivity index (χ4v) is 2.71. The SMILES string of the molecule is NC(=S)C(NC(=O)CSc1ccccc1)C1CC1. The number of thiocarbonyl (C=S) groups is 1. The molecule has 96 valence electrons. The number of rotatable bonds is 6. The molecule has 1 aromatic rings. The van der Waals surface area contributed by atoms with E-state index in [1.165, 1.54) is 11.8 Å². The predicted octanol–water partition coefficient (Wildman–Crippen LogP) is 1.96. The Morgan fingerprint density at radius 1 is 1.44 bits per heavy atom. The number of hydrogen-bond acceptors (Lipinski definition) is 3. The van der Waals surface area contributed by atoms with Crippen molar-refractivity contribution in [2.24, 2.45) is 11.7 Å². The van der Waals surface area contributed by atoms with Crippen molar-refractivity contribution in [3.8, 4) is 0 Å². The van der Waals surface area contributed by atoms with Gasteiger partial charge in [-0.25, -0.2) is 0 Å². The minimum atomic E-state index is -0.121. The van der Waals surface area contributed by atoms with Crippen LogP contribution in [0.15, 0.2) is 35.2 Å². The zero-order chi connectivity index (χ0) is 13.0. The highest BCUT2D eigenvalue weighted by atomic mass is 32.2. The molecule has 3 N–H and O–H groups in total. The molecule has 1 aliphatic rings. The zero-order valence-corrected chi connectivity index (χ0v) is 11.6. The lowest BCUT2D eigenvalue weighted by molar-refractivity contribution is -0.118. The van der Waals surface area contributed by atoms with Crippen molar-refractivity contribution in [1.29, 1.82) is 0 Å². The third-order valence-electron chi connectivity index (χ3n) is 2.83. The summed E-state index contributed by atoms with van der Waals surface area (Å²) in [6, 6.07) is 9.74. The summed E-state index contributed by atoms with van der Waals surface area (Å²) in [4.78, 5) is 13.3. The Kier molecular flexibility index (Phi) is 4.60. The van der Waals surface area contributed by atoms with E-state index in [9.17, 15) is 4.79 Å². The fraction of sp³-hybridized carbons (Fsp3) is 0.385. The molecular formula is C13H16N2OS2. The summed E-state index contributed by atoms with van der Waals surface area (Å²) < 4.78 is 0. The quantitative estimate of drug-likeness (QED) is 0.618. The van der Waals surface area contributed by atoms with Crippen LogP contribution in [-0.2, 0) is 4.79 Å². The maximum absolute atomic E-state index is 11.8. The van der Waals surface area contributed by atoms with Crippen LogP contribution in [0.2, 0.25) is 0 Å². The van der Waals surface area contributed by atoms with Crippen LogP contribution in [0.1, 0.15) is 12.8 Å². The average Bonchev–Trinajstić information content (AvgIpc) is 3.18. The second-order valence-corrected chi connectivity index (χ2v) is 5.91. The van der Waals surface area contributed by atoms with Crippen LogP contribution in [0.5, 0.6) is 0 Å². The monoisotopic (exact) mass is 280 g/mol. The normalized spacial score (nSPS) is 16.0. The predicted molar refractivity (Wildman–Crippen MR) is 78.6 cm³/mol.